The predicted octanol–water partition coefficient (Wildman–Crippen LogP) is 2.11. The number of hydrogen-bond acceptors (Lipinski definition) is 5. The molecular formula is C18H20N4O2S. The van der Waals surface area contributed by atoms with E-state index in [2.05, 4.69) is 9.97 Å². The van der Waals surface area contributed by atoms with Crippen LogP contribution in [-0.2, 0) is 11.3 Å². The molecule has 2 aromatic rings. The van der Waals surface area contributed by atoms with Gasteiger partial charge in [-0.05, 0) is 25.5 Å². The molecule has 1 spiro atoms. The number of aryl methyl sites for hydroxylation is 1. The zero-order chi connectivity index (χ0) is 17.4. The van der Waals surface area contributed by atoms with Crippen molar-refractivity contribution < 1.29 is 9.59 Å². The second-order valence-electron chi connectivity index (χ2n) is 6.98. The highest BCUT2D eigenvalue weighted by molar-refractivity contribution is 7.09. The summed E-state index contributed by atoms with van der Waals surface area (Å²) in [5, 5.41) is 3.03. The largest absolute Gasteiger partial charge is 0.337 e. The Hall–Kier alpha value is -2.28. The molecule has 4 heterocycles. The lowest BCUT2D eigenvalue weighted by molar-refractivity contribution is -0.128. The van der Waals surface area contributed by atoms with Crippen LogP contribution in [-0.4, -0.2) is 51.2 Å². The molecule has 2 aromatic heterocycles. The summed E-state index contributed by atoms with van der Waals surface area (Å²) in [6.07, 6.45) is 3.02. The Morgan fingerprint density at radius 3 is 2.96 bits per heavy atom. The van der Waals surface area contributed by atoms with Crippen LogP contribution in [0.25, 0.3) is 0 Å². The zero-order valence-corrected chi connectivity index (χ0v) is 15.0. The third kappa shape index (κ3) is 3.16. The molecule has 0 N–H and O–H groups in total. The molecule has 0 bridgehead atoms. The molecule has 1 atom stereocenters. The maximum Gasteiger partial charge on any atom is 0.272 e. The number of hydrogen-bond donors (Lipinski definition) is 0. The summed E-state index contributed by atoms with van der Waals surface area (Å²) >= 11 is 1.61. The van der Waals surface area contributed by atoms with Gasteiger partial charge in [0, 0.05) is 43.0 Å². The minimum atomic E-state index is -0.118. The number of carbonyl (C=O) groups excluding carboxylic acids is 2. The maximum absolute atomic E-state index is 12.6. The minimum Gasteiger partial charge on any atom is -0.337 e. The molecule has 2 saturated heterocycles. The number of thiazole rings is 1. The van der Waals surface area contributed by atoms with Crippen molar-refractivity contribution in [2.24, 2.45) is 5.41 Å². The Bertz CT molecular complexity index is 806. The first-order valence-electron chi connectivity index (χ1n) is 8.44. The highest BCUT2D eigenvalue weighted by Crippen LogP contribution is 2.41. The molecule has 2 aliphatic heterocycles. The highest BCUT2D eigenvalue weighted by Gasteiger charge is 2.48. The third-order valence-corrected chi connectivity index (χ3v) is 5.86. The molecule has 6 nitrogen and oxygen atoms in total. The molecule has 25 heavy (non-hydrogen) atoms. The molecule has 130 valence electrons. The fourth-order valence-corrected chi connectivity index (χ4v) is 4.44. The normalized spacial score (nSPS) is 23.0. The fourth-order valence-electron chi connectivity index (χ4n) is 3.84. The van der Waals surface area contributed by atoms with Crippen molar-refractivity contribution >= 4 is 23.2 Å². The van der Waals surface area contributed by atoms with E-state index >= 15 is 0 Å². The number of likely N-dealkylation sites (tertiary alicyclic amines) is 2. The Kier molecular flexibility index (Phi) is 4.03. The summed E-state index contributed by atoms with van der Waals surface area (Å²) in [6, 6.07) is 5.36. The van der Waals surface area contributed by atoms with Crippen LogP contribution in [0.1, 0.15) is 34.0 Å². The van der Waals surface area contributed by atoms with Crippen LogP contribution >= 0.6 is 11.3 Å². The lowest BCUT2D eigenvalue weighted by Gasteiger charge is -2.23. The van der Waals surface area contributed by atoms with E-state index in [0.717, 1.165) is 17.1 Å². The Morgan fingerprint density at radius 1 is 1.36 bits per heavy atom. The molecule has 2 amide bonds. The second kappa shape index (κ2) is 6.22. The Labute approximate surface area is 150 Å². The molecule has 7 heteroatoms. The van der Waals surface area contributed by atoms with Gasteiger partial charge in [0.25, 0.3) is 5.91 Å². The number of rotatable bonds is 3. The van der Waals surface area contributed by atoms with Crippen LogP contribution in [0.15, 0.2) is 29.8 Å². The fraction of sp³-hybridized carbons (Fsp3) is 0.444. The first kappa shape index (κ1) is 16.2. The van der Waals surface area contributed by atoms with Gasteiger partial charge in [-0.1, -0.05) is 6.07 Å². The number of amides is 2. The predicted molar refractivity (Wildman–Crippen MR) is 94.1 cm³/mol. The first-order chi connectivity index (χ1) is 12.0. The van der Waals surface area contributed by atoms with E-state index in [9.17, 15) is 9.59 Å². The van der Waals surface area contributed by atoms with Crippen molar-refractivity contribution in [1.82, 2.24) is 19.8 Å². The van der Waals surface area contributed by atoms with Gasteiger partial charge in [0.05, 0.1) is 17.2 Å². The van der Waals surface area contributed by atoms with E-state index in [0.29, 0.717) is 38.3 Å². The number of nitrogens with zero attached hydrogens (tertiary/aromatic N) is 4. The molecule has 0 unspecified atom stereocenters. The van der Waals surface area contributed by atoms with Gasteiger partial charge >= 0.3 is 0 Å². The van der Waals surface area contributed by atoms with Crippen molar-refractivity contribution in [1.29, 1.82) is 0 Å². The third-order valence-electron chi connectivity index (χ3n) is 5.03. The van der Waals surface area contributed by atoms with Gasteiger partial charge in [-0.25, -0.2) is 4.98 Å². The topological polar surface area (TPSA) is 66.4 Å². The van der Waals surface area contributed by atoms with Crippen LogP contribution in [0, 0.1) is 12.3 Å². The van der Waals surface area contributed by atoms with Gasteiger partial charge in [0.15, 0.2) is 0 Å². The van der Waals surface area contributed by atoms with Crippen LogP contribution < -0.4 is 0 Å². The van der Waals surface area contributed by atoms with Crippen molar-refractivity contribution in [3.63, 3.8) is 0 Å². The van der Waals surface area contributed by atoms with Gasteiger partial charge in [0.1, 0.15) is 5.69 Å². The molecule has 0 radical (unpaired) electrons. The van der Waals surface area contributed by atoms with Crippen molar-refractivity contribution in [2.45, 2.75) is 26.3 Å². The van der Waals surface area contributed by atoms with Gasteiger partial charge in [0.2, 0.25) is 5.91 Å². The van der Waals surface area contributed by atoms with Crippen molar-refractivity contribution in [3.05, 3.63) is 46.2 Å². The summed E-state index contributed by atoms with van der Waals surface area (Å²) in [7, 11) is 0. The highest BCUT2D eigenvalue weighted by atomic mass is 32.1. The monoisotopic (exact) mass is 356 g/mol. The molecule has 2 fully saturated rings. The number of aromatic nitrogens is 2. The first-order valence-corrected chi connectivity index (χ1v) is 9.32. The molecule has 0 aliphatic carbocycles. The lowest BCUT2D eigenvalue weighted by Crippen LogP contribution is -2.34. The lowest BCUT2D eigenvalue weighted by atomic mass is 9.86. The van der Waals surface area contributed by atoms with E-state index in [-0.39, 0.29) is 17.2 Å². The van der Waals surface area contributed by atoms with Crippen molar-refractivity contribution in [2.75, 3.05) is 19.6 Å². The quantitative estimate of drug-likeness (QED) is 0.845. The van der Waals surface area contributed by atoms with E-state index in [1.807, 2.05) is 28.2 Å². The van der Waals surface area contributed by atoms with Crippen LogP contribution in [0.3, 0.4) is 0 Å². The van der Waals surface area contributed by atoms with Gasteiger partial charge in [-0.15, -0.1) is 11.3 Å². The SMILES string of the molecule is Cc1nc(CN2C[C@]3(CCN(C(=O)c4ccccn4)C3)CC2=O)cs1. The van der Waals surface area contributed by atoms with Gasteiger partial charge in [-0.3, -0.25) is 14.6 Å². The summed E-state index contributed by atoms with van der Waals surface area (Å²) in [6.45, 7) is 4.56. The maximum atomic E-state index is 12.6. The van der Waals surface area contributed by atoms with Gasteiger partial charge in [-0.2, -0.15) is 0 Å². The van der Waals surface area contributed by atoms with E-state index in [1.165, 1.54) is 0 Å². The number of carbonyl (C=O) groups is 2. The van der Waals surface area contributed by atoms with E-state index in [1.54, 1.807) is 29.7 Å². The number of pyridine rings is 1. The molecule has 2 aliphatic rings. The van der Waals surface area contributed by atoms with Crippen LogP contribution in [0.2, 0.25) is 0 Å². The smallest absolute Gasteiger partial charge is 0.272 e. The van der Waals surface area contributed by atoms with Crippen molar-refractivity contribution in [3.8, 4) is 0 Å². The molecular weight excluding hydrogens is 336 g/mol. The Morgan fingerprint density at radius 2 is 2.24 bits per heavy atom. The standard InChI is InChI=1S/C18H20N4O2S/c1-13-20-14(10-25-13)9-22-12-18(8-16(22)23)5-7-21(11-18)17(24)15-4-2-3-6-19-15/h2-4,6,10H,5,7-9,11-12H2,1H3/t18-/m1/s1. The summed E-state index contributed by atoms with van der Waals surface area (Å²) in [4.78, 5) is 37.4. The molecule has 0 aromatic carbocycles. The molecule has 4 rings (SSSR count). The Balaban J connectivity index is 1.43. The van der Waals surface area contributed by atoms with E-state index in [4.69, 9.17) is 0 Å². The second-order valence-corrected chi connectivity index (χ2v) is 8.04. The molecule has 0 saturated carbocycles. The summed E-state index contributed by atoms with van der Waals surface area (Å²) in [5.41, 5.74) is 1.30. The van der Waals surface area contributed by atoms with E-state index < -0.39 is 0 Å². The van der Waals surface area contributed by atoms with Gasteiger partial charge < -0.3 is 9.80 Å². The van der Waals surface area contributed by atoms with Crippen LogP contribution in [0.5, 0.6) is 0 Å². The minimum absolute atomic E-state index is 0.0431. The average Bonchev–Trinajstić information content (AvgIpc) is 3.29. The van der Waals surface area contributed by atoms with Crippen LogP contribution in [0.4, 0.5) is 0 Å². The summed E-state index contributed by atoms with van der Waals surface area (Å²) < 4.78 is 0. The average molecular weight is 356 g/mol. The zero-order valence-electron chi connectivity index (χ0n) is 14.1. The summed E-state index contributed by atoms with van der Waals surface area (Å²) in [5.74, 6) is 0.122.